The molecule has 1 aliphatic heterocycles. The van der Waals surface area contributed by atoms with E-state index in [1.54, 1.807) is 12.3 Å². The van der Waals surface area contributed by atoms with Gasteiger partial charge in [0.1, 0.15) is 5.76 Å². The van der Waals surface area contributed by atoms with E-state index in [-0.39, 0.29) is 18.4 Å². The Morgan fingerprint density at radius 1 is 1.10 bits per heavy atom. The van der Waals surface area contributed by atoms with Gasteiger partial charge in [-0.25, -0.2) is 0 Å². The van der Waals surface area contributed by atoms with Crippen molar-refractivity contribution in [3.8, 4) is 0 Å². The lowest BCUT2D eigenvalue weighted by molar-refractivity contribution is -0.127. The average Bonchev–Trinajstić information content (AvgIpc) is 3.25. The van der Waals surface area contributed by atoms with Crippen molar-refractivity contribution in [3.63, 3.8) is 0 Å². The minimum absolute atomic E-state index is 0.0392. The van der Waals surface area contributed by atoms with Gasteiger partial charge in [-0.1, -0.05) is 29.8 Å². The number of hydrogen-bond donors (Lipinski definition) is 2. The standard InChI is InChI=1S/C22H29N3O4/c1-17-4-6-18(7-5-17)20(15-19-3-2-12-29-19)22(27)24-16-21(26)23-8-9-25-10-13-28-14-11-25/h2-7,12,20H,8-11,13-16H2,1H3,(H,23,26)(H,24,27). The van der Waals surface area contributed by atoms with Crippen LogP contribution in [0.5, 0.6) is 0 Å². The number of morpholine rings is 1. The number of furan rings is 1. The summed E-state index contributed by atoms with van der Waals surface area (Å²) in [6.07, 6.45) is 2.04. The Bertz CT molecular complexity index is 768. The molecule has 1 fully saturated rings. The summed E-state index contributed by atoms with van der Waals surface area (Å²) in [6, 6.07) is 11.5. The van der Waals surface area contributed by atoms with Crippen LogP contribution in [0, 0.1) is 6.92 Å². The van der Waals surface area contributed by atoms with Gasteiger partial charge < -0.3 is 19.8 Å². The molecule has 2 aromatic rings. The van der Waals surface area contributed by atoms with Crippen LogP contribution in [0.1, 0.15) is 22.8 Å². The molecule has 1 atom stereocenters. The zero-order valence-corrected chi connectivity index (χ0v) is 16.9. The molecule has 2 amide bonds. The molecule has 1 saturated heterocycles. The van der Waals surface area contributed by atoms with Gasteiger partial charge in [-0.05, 0) is 24.6 Å². The van der Waals surface area contributed by atoms with Crippen LogP contribution in [0.15, 0.2) is 47.1 Å². The number of nitrogens with one attached hydrogen (secondary N) is 2. The van der Waals surface area contributed by atoms with Gasteiger partial charge in [0.25, 0.3) is 0 Å². The molecule has 0 saturated carbocycles. The highest BCUT2D eigenvalue weighted by atomic mass is 16.5. The van der Waals surface area contributed by atoms with Gasteiger partial charge in [-0.2, -0.15) is 0 Å². The highest BCUT2D eigenvalue weighted by Crippen LogP contribution is 2.22. The first-order valence-corrected chi connectivity index (χ1v) is 10.1. The second-order valence-corrected chi connectivity index (χ2v) is 7.27. The minimum atomic E-state index is -0.414. The normalized spacial score (nSPS) is 15.6. The van der Waals surface area contributed by atoms with Crippen molar-refractivity contribution >= 4 is 11.8 Å². The van der Waals surface area contributed by atoms with Crippen molar-refractivity contribution in [2.45, 2.75) is 19.3 Å². The summed E-state index contributed by atoms with van der Waals surface area (Å²) in [6.45, 7) is 6.56. The Morgan fingerprint density at radius 3 is 2.55 bits per heavy atom. The molecule has 0 spiro atoms. The largest absolute Gasteiger partial charge is 0.469 e. The summed E-state index contributed by atoms with van der Waals surface area (Å²) in [7, 11) is 0. The molecule has 0 radical (unpaired) electrons. The Labute approximate surface area is 171 Å². The molecule has 1 aliphatic rings. The molecule has 3 rings (SSSR count). The number of hydrogen-bond acceptors (Lipinski definition) is 5. The van der Waals surface area contributed by atoms with Crippen LogP contribution in [0.2, 0.25) is 0 Å². The van der Waals surface area contributed by atoms with Crippen LogP contribution in [0.4, 0.5) is 0 Å². The number of aryl methyl sites for hydroxylation is 1. The van der Waals surface area contributed by atoms with Gasteiger partial charge in [0.15, 0.2) is 0 Å². The minimum Gasteiger partial charge on any atom is -0.469 e. The fourth-order valence-electron chi connectivity index (χ4n) is 3.32. The molecule has 1 unspecified atom stereocenters. The SMILES string of the molecule is Cc1ccc(C(Cc2ccco2)C(=O)NCC(=O)NCCN2CCOCC2)cc1. The summed E-state index contributed by atoms with van der Waals surface area (Å²) >= 11 is 0. The fourth-order valence-corrected chi connectivity index (χ4v) is 3.32. The van der Waals surface area contributed by atoms with Gasteiger partial charge in [0, 0.05) is 32.6 Å². The van der Waals surface area contributed by atoms with E-state index in [9.17, 15) is 9.59 Å². The van der Waals surface area contributed by atoms with Gasteiger partial charge >= 0.3 is 0 Å². The Kier molecular flexibility index (Phi) is 7.84. The van der Waals surface area contributed by atoms with Crippen molar-refractivity contribution in [1.82, 2.24) is 15.5 Å². The highest BCUT2D eigenvalue weighted by Gasteiger charge is 2.23. The van der Waals surface area contributed by atoms with Crippen molar-refractivity contribution in [2.24, 2.45) is 0 Å². The maximum absolute atomic E-state index is 12.8. The molecule has 7 heteroatoms. The first kappa shape index (κ1) is 21.1. The summed E-state index contributed by atoms with van der Waals surface area (Å²) in [5.74, 6) is -0.0514. The zero-order chi connectivity index (χ0) is 20.5. The number of ether oxygens (including phenoxy) is 1. The molecular weight excluding hydrogens is 370 g/mol. The van der Waals surface area contributed by atoms with Crippen molar-refractivity contribution in [2.75, 3.05) is 45.9 Å². The number of carbonyl (C=O) groups is 2. The molecule has 0 bridgehead atoms. The molecule has 0 aliphatic carbocycles. The summed E-state index contributed by atoms with van der Waals surface area (Å²) in [5, 5.41) is 5.63. The molecule has 2 heterocycles. The van der Waals surface area contributed by atoms with E-state index in [0.29, 0.717) is 13.0 Å². The molecule has 156 valence electrons. The number of benzene rings is 1. The van der Waals surface area contributed by atoms with E-state index < -0.39 is 5.92 Å². The van der Waals surface area contributed by atoms with Crippen LogP contribution in [0.3, 0.4) is 0 Å². The van der Waals surface area contributed by atoms with Crippen LogP contribution >= 0.6 is 0 Å². The topological polar surface area (TPSA) is 83.8 Å². The quantitative estimate of drug-likeness (QED) is 0.667. The third kappa shape index (κ3) is 6.73. The highest BCUT2D eigenvalue weighted by molar-refractivity contribution is 5.88. The van der Waals surface area contributed by atoms with Gasteiger partial charge in [0.2, 0.25) is 11.8 Å². The molecule has 1 aromatic carbocycles. The first-order chi connectivity index (χ1) is 14.1. The molecular formula is C22H29N3O4. The maximum Gasteiger partial charge on any atom is 0.239 e. The van der Waals surface area contributed by atoms with Gasteiger partial charge in [0.05, 0.1) is 31.9 Å². The number of carbonyl (C=O) groups excluding carboxylic acids is 2. The smallest absolute Gasteiger partial charge is 0.239 e. The number of nitrogens with zero attached hydrogens (tertiary/aromatic N) is 1. The van der Waals surface area contributed by atoms with E-state index in [0.717, 1.165) is 49.7 Å². The van der Waals surface area contributed by atoms with Crippen LogP contribution < -0.4 is 10.6 Å². The van der Waals surface area contributed by atoms with E-state index in [1.807, 2.05) is 37.3 Å². The second kappa shape index (κ2) is 10.8. The lowest BCUT2D eigenvalue weighted by Gasteiger charge is -2.26. The van der Waals surface area contributed by atoms with Crippen LogP contribution in [0.25, 0.3) is 0 Å². The fraction of sp³-hybridized carbons (Fsp3) is 0.455. The Morgan fingerprint density at radius 2 is 1.86 bits per heavy atom. The van der Waals surface area contributed by atoms with Gasteiger partial charge in [-0.15, -0.1) is 0 Å². The van der Waals surface area contributed by atoms with Crippen molar-refractivity contribution < 1.29 is 18.7 Å². The number of amides is 2. The van der Waals surface area contributed by atoms with E-state index >= 15 is 0 Å². The molecule has 29 heavy (non-hydrogen) atoms. The lowest BCUT2D eigenvalue weighted by Crippen LogP contribution is -2.44. The predicted molar refractivity (Wildman–Crippen MR) is 110 cm³/mol. The monoisotopic (exact) mass is 399 g/mol. The predicted octanol–water partition coefficient (Wildman–Crippen LogP) is 1.48. The van der Waals surface area contributed by atoms with E-state index in [4.69, 9.17) is 9.15 Å². The van der Waals surface area contributed by atoms with E-state index in [1.165, 1.54) is 0 Å². The zero-order valence-electron chi connectivity index (χ0n) is 16.9. The molecule has 2 N–H and O–H groups in total. The summed E-state index contributed by atoms with van der Waals surface area (Å²) in [5.41, 5.74) is 2.03. The van der Waals surface area contributed by atoms with Crippen molar-refractivity contribution in [3.05, 3.63) is 59.5 Å². The Hall–Kier alpha value is -2.64. The third-order valence-electron chi connectivity index (χ3n) is 5.06. The molecule has 7 nitrogen and oxygen atoms in total. The number of rotatable bonds is 9. The average molecular weight is 399 g/mol. The van der Waals surface area contributed by atoms with E-state index in [2.05, 4.69) is 15.5 Å². The third-order valence-corrected chi connectivity index (χ3v) is 5.06. The first-order valence-electron chi connectivity index (χ1n) is 10.1. The van der Waals surface area contributed by atoms with Crippen molar-refractivity contribution in [1.29, 1.82) is 0 Å². The second-order valence-electron chi connectivity index (χ2n) is 7.27. The van der Waals surface area contributed by atoms with Crippen LogP contribution in [-0.4, -0.2) is 62.7 Å². The van der Waals surface area contributed by atoms with Crippen LogP contribution in [-0.2, 0) is 20.7 Å². The maximum atomic E-state index is 12.8. The summed E-state index contributed by atoms with van der Waals surface area (Å²) < 4.78 is 10.7. The lowest BCUT2D eigenvalue weighted by atomic mass is 9.93. The Balaban J connectivity index is 1.49. The van der Waals surface area contributed by atoms with Gasteiger partial charge in [-0.3, -0.25) is 14.5 Å². The molecule has 1 aromatic heterocycles. The summed E-state index contributed by atoms with van der Waals surface area (Å²) in [4.78, 5) is 27.2.